The molecule has 1 heteroatoms. The van der Waals surface area contributed by atoms with Gasteiger partial charge in [0.2, 0.25) is 0 Å². The van der Waals surface area contributed by atoms with Crippen molar-refractivity contribution in [1.29, 1.82) is 0 Å². The van der Waals surface area contributed by atoms with Gasteiger partial charge < -0.3 is 4.98 Å². The second kappa shape index (κ2) is 2.36. The molecule has 3 aromatic rings. The summed E-state index contributed by atoms with van der Waals surface area (Å²) in [6.45, 7) is 0. The van der Waals surface area contributed by atoms with Crippen LogP contribution in [0.15, 0.2) is 48.4 Å². The van der Waals surface area contributed by atoms with E-state index in [4.69, 9.17) is 6.89 Å². The Morgan fingerprint density at radius 3 is 2.08 bits per heavy atom. The van der Waals surface area contributed by atoms with E-state index in [0.29, 0.717) is 21.8 Å². The van der Waals surface area contributed by atoms with Crippen LogP contribution in [0.3, 0.4) is 0 Å². The topological polar surface area (TPSA) is 15.8 Å². The Balaban J connectivity index is 2.67. The van der Waals surface area contributed by atoms with Gasteiger partial charge in [0.1, 0.15) is 0 Å². The third-order valence-electron chi connectivity index (χ3n) is 2.06. The van der Waals surface area contributed by atoms with Gasteiger partial charge in [-0.1, -0.05) is 36.4 Å². The fraction of sp³-hybridized carbons (Fsp3) is 0. The van der Waals surface area contributed by atoms with E-state index in [1.165, 1.54) is 12.1 Å². The molecule has 0 amide bonds. The third-order valence-corrected chi connectivity index (χ3v) is 2.06. The predicted octanol–water partition coefficient (Wildman–Crippen LogP) is 3.32. The minimum atomic E-state index is 0.0923. The molecule has 1 aromatic heterocycles. The fourth-order valence-electron chi connectivity index (χ4n) is 1.47. The van der Waals surface area contributed by atoms with Gasteiger partial charge in [-0.15, -0.1) is 0 Å². The number of rotatable bonds is 0. The van der Waals surface area contributed by atoms with Crippen LogP contribution in [-0.4, -0.2) is 4.98 Å². The van der Waals surface area contributed by atoms with Crippen LogP contribution in [0.1, 0.15) is 5.48 Å². The van der Waals surface area contributed by atoms with Crippen LogP contribution >= 0.6 is 0 Å². The van der Waals surface area contributed by atoms with Gasteiger partial charge in [0.25, 0.3) is 0 Å². The van der Waals surface area contributed by atoms with Crippen LogP contribution in [0.2, 0.25) is 1.41 Å². The van der Waals surface area contributed by atoms with Crippen LogP contribution < -0.4 is 0 Å². The normalized spacial score (nSPS) is 16.5. The van der Waals surface area contributed by atoms with E-state index in [9.17, 15) is 0 Å². The number of hydrogen-bond acceptors (Lipinski definition) is 0. The zero-order valence-corrected chi connectivity index (χ0v) is 6.76. The van der Waals surface area contributed by atoms with Gasteiger partial charge in [-0.25, -0.2) is 0 Å². The summed E-state index contributed by atoms with van der Waals surface area (Å²) in [7, 11) is 0. The average Bonchev–Trinajstić information content (AvgIpc) is 2.52. The highest BCUT2D eigenvalue weighted by molar-refractivity contribution is 6.06. The van der Waals surface area contributed by atoms with E-state index in [0.717, 1.165) is 4.98 Å². The summed E-state index contributed by atoms with van der Waals surface area (Å²) < 4.78 is 38.9. The predicted molar refractivity (Wildman–Crippen MR) is 55.8 cm³/mol. The van der Waals surface area contributed by atoms with E-state index >= 15 is 0 Å². The third kappa shape index (κ3) is 0.872. The summed E-state index contributed by atoms with van der Waals surface area (Å²) in [6, 6.07) is 6.46. The molecule has 0 unspecified atom stereocenters. The molecule has 0 bridgehead atoms. The Morgan fingerprint density at radius 1 is 1.00 bits per heavy atom. The highest BCUT2D eigenvalue weighted by atomic mass is 14.7. The Morgan fingerprint density at radius 2 is 1.54 bits per heavy atom. The monoisotopic (exact) mass is 172 g/mol. The first-order valence-electron chi connectivity index (χ1n) is 6.45. The van der Waals surface area contributed by atoms with Crippen molar-refractivity contribution >= 4 is 21.8 Å². The number of benzene rings is 2. The molecular formula is C12H9N. The first-order valence-corrected chi connectivity index (χ1v) is 4.01. The highest BCUT2D eigenvalue weighted by Crippen LogP contribution is 2.24. The number of para-hydroxylation sites is 2. The molecule has 2 aromatic carbocycles. The summed E-state index contributed by atoms with van der Waals surface area (Å²) in [6.07, 6.45) is 0. The van der Waals surface area contributed by atoms with Crippen molar-refractivity contribution in [2.75, 3.05) is 0 Å². The molecule has 1 N–H and O–H groups in total. The van der Waals surface area contributed by atoms with Gasteiger partial charge in [-0.2, -0.15) is 0 Å². The Kier molecular flexibility index (Phi) is 0.644. The standard InChI is InChI=1S/C12H9N/c1-3-7-11-9(5-1)10-6-2-4-8-12(10)13-11/h1-8,13H/i1D,2D,7D,8D/hD. The number of H-pyrrole nitrogens is 1. The average molecular weight is 172 g/mol. The quantitative estimate of drug-likeness (QED) is 0.535. The lowest BCUT2D eigenvalue weighted by molar-refractivity contribution is 1.55. The molecule has 0 fully saturated rings. The van der Waals surface area contributed by atoms with Crippen molar-refractivity contribution in [3.8, 4) is 0 Å². The van der Waals surface area contributed by atoms with Crippen LogP contribution in [-0.2, 0) is 0 Å². The van der Waals surface area contributed by atoms with Crippen LogP contribution in [0, 0.1) is 0 Å². The minimum absolute atomic E-state index is 0.0923. The summed E-state index contributed by atoms with van der Waals surface area (Å²) in [4.78, 5) is 1.05. The van der Waals surface area contributed by atoms with Crippen LogP contribution in [0.4, 0.5) is 0 Å². The van der Waals surface area contributed by atoms with E-state index in [1.807, 2.05) is 0 Å². The summed E-state index contributed by atoms with van der Waals surface area (Å²) in [5.74, 6) is 0. The van der Waals surface area contributed by atoms with Gasteiger partial charge in [-0.3, -0.25) is 0 Å². The molecule has 3 rings (SSSR count). The number of hydrogen-bond donors (Lipinski definition) is 1. The second-order valence-electron chi connectivity index (χ2n) is 2.84. The molecule has 0 aliphatic carbocycles. The van der Waals surface area contributed by atoms with Crippen molar-refractivity contribution in [2.45, 2.75) is 0 Å². The first kappa shape index (κ1) is 3.54. The fourth-order valence-corrected chi connectivity index (χ4v) is 1.47. The zero-order valence-electron chi connectivity index (χ0n) is 11.8. The SMILES string of the molecule is [2H]c1cc([2H])c2c(c1)c1cc([2H])cc([2H])c1n2[2H]. The highest BCUT2D eigenvalue weighted by Gasteiger charge is 2.00. The molecular weight excluding hydrogens is 158 g/mol. The lowest BCUT2D eigenvalue weighted by Gasteiger charge is -1.87. The van der Waals surface area contributed by atoms with Crippen molar-refractivity contribution in [3.63, 3.8) is 0 Å². The van der Waals surface area contributed by atoms with Crippen molar-refractivity contribution in [1.82, 2.24) is 4.98 Å². The van der Waals surface area contributed by atoms with Crippen molar-refractivity contribution < 1.29 is 6.89 Å². The molecule has 1 nitrogen and oxygen atoms in total. The minimum Gasteiger partial charge on any atom is -0.355 e. The number of fused-ring (bicyclic) bond motifs is 3. The maximum atomic E-state index is 7.99. The molecule has 0 spiro atoms. The Labute approximate surface area is 83.1 Å². The molecule has 0 atom stereocenters. The molecule has 0 saturated carbocycles. The first-order chi connectivity index (χ1) is 8.49. The van der Waals surface area contributed by atoms with Crippen molar-refractivity contribution in [3.05, 3.63) is 48.4 Å². The van der Waals surface area contributed by atoms with E-state index in [2.05, 4.69) is 0 Å². The maximum absolute atomic E-state index is 7.99. The van der Waals surface area contributed by atoms with E-state index in [1.54, 1.807) is 12.1 Å². The van der Waals surface area contributed by atoms with Gasteiger partial charge in [-0.05, 0) is 12.1 Å². The van der Waals surface area contributed by atoms with Gasteiger partial charge in [0.15, 0.2) is 1.41 Å². The second-order valence-corrected chi connectivity index (χ2v) is 2.84. The van der Waals surface area contributed by atoms with Crippen molar-refractivity contribution in [2.24, 2.45) is 0 Å². The number of aromatic amines is 1. The Bertz CT molecular complexity index is 725. The molecule has 0 aliphatic heterocycles. The molecule has 62 valence electrons. The van der Waals surface area contributed by atoms with Gasteiger partial charge in [0.05, 0.1) is 5.48 Å². The molecule has 0 aliphatic rings. The molecule has 13 heavy (non-hydrogen) atoms. The molecule has 0 radical (unpaired) electrons. The maximum Gasteiger partial charge on any atom is 0.167 e. The van der Waals surface area contributed by atoms with E-state index in [-0.39, 0.29) is 24.2 Å². The largest absolute Gasteiger partial charge is 0.355 e. The lowest BCUT2D eigenvalue weighted by Crippen LogP contribution is -1.62. The lowest BCUT2D eigenvalue weighted by atomic mass is 10.2. The van der Waals surface area contributed by atoms with Crippen LogP contribution in [0.5, 0.6) is 0 Å². The smallest absolute Gasteiger partial charge is 0.167 e. The summed E-state index contributed by atoms with van der Waals surface area (Å²) in [5, 5.41) is 1.17. The van der Waals surface area contributed by atoms with Crippen LogP contribution in [0.25, 0.3) is 21.8 Å². The van der Waals surface area contributed by atoms with E-state index < -0.39 is 0 Å². The summed E-state index contributed by atoms with van der Waals surface area (Å²) in [5.41, 5.74) is 0.750. The summed E-state index contributed by atoms with van der Waals surface area (Å²) >= 11 is 0. The molecule has 0 saturated heterocycles. The van der Waals surface area contributed by atoms with Gasteiger partial charge in [0, 0.05) is 21.8 Å². The number of nitrogens with one attached hydrogen (secondary N) is 1. The molecule has 1 heterocycles. The van der Waals surface area contributed by atoms with Gasteiger partial charge >= 0.3 is 0 Å². The Hall–Kier alpha value is -1.76. The number of aromatic nitrogens is 1. The zero-order chi connectivity index (χ0) is 13.0.